The maximum absolute atomic E-state index is 14.2. The van der Waals surface area contributed by atoms with E-state index in [4.69, 9.17) is 16.3 Å². The van der Waals surface area contributed by atoms with Crippen molar-refractivity contribution in [3.8, 4) is 17.0 Å². The van der Waals surface area contributed by atoms with E-state index in [1.54, 1.807) is 31.3 Å². The second kappa shape index (κ2) is 9.50. The maximum Gasteiger partial charge on any atom is 0.272 e. The SMILES string of the molecule is COc1cnc(CNC(=O)[C@@H]2CCN(C(=O)c3cc(-c4cc(C)ncc4F)n[nH]3)C3(CC3)C2)c(Cl)c1. The van der Waals surface area contributed by atoms with Crippen molar-refractivity contribution in [2.45, 2.75) is 44.7 Å². The van der Waals surface area contributed by atoms with E-state index in [1.807, 2.05) is 4.90 Å². The molecular formula is C25H26ClFN6O3. The summed E-state index contributed by atoms with van der Waals surface area (Å²) in [4.78, 5) is 36.3. The quantitative estimate of drug-likeness (QED) is 0.521. The van der Waals surface area contributed by atoms with Crippen LogP contribution in [0.2, 0.25) is 5.02 Å². The zero-order valence-corrected chi connectivity index (χ0v) is 20.7. The third-order valence-corrected chi connectivity index (χ3v) is 7.30. The lowest BCUT2D eigenvalue weighted by molar-refractivity contribution is -0.127. The predicted octanol–water partition coefficient (Wildman–Crippen LogP) is 3.68. The normalized spacial score (nSPS) is 18.2. The number of halogens is 2. The molecule has 0 aromatic carbocycles. The number of carbonyl (C=O) groups is 2. The molecule has 3 aromatic heterocycles. The number of hydrogen-bond acceptors (Lipinski definition) is 6. The number of H-pyrrole nitrogens is 1. The fraction of sp³-hybridized carbons (Fsp3) is 0.400. The van der Waals surface area contributed by atoms with Gasteiger partial charge in [0.15, 0.2) is 5.82 Å². The Kier molecular flexibility index (Phi) is 6.38. The number of amides is 2. The van der Waals surface area contributed by atoms with Crippen LogP contribution in [0.15, 0.2) is 30.6 Å². The van der Waals surface area contributed by atoms with Crippen LogP contribution in [0.3, 0.4) is 0 Å². The van der Waals surface area contributed by atoms with Crippen molar-refractivity contribution in [3.63, 3.8) is 0 Å². The van der Waals surface area contributed by atoms with E-state index in [0.717, 1.165) is 19.0 Å². The Balaban J connectivity index is 1.23. The molecule has 2 amide bonds. The van der Waals surface area contributed by atoms with Crippen molar-refractivity contribution < 1.29 is 18.7 Å². The highest BCUT2D eigenvalue weighted by molar-refractivity contribution is 6.31. The van der Waals surface area contributed by atoms with Gasteiger partial charge in [-0.15, -0.1) is 0 Å². The van der Waals surface area contributed by atoms with Gasteiger partial charge in [0.25, 0.3) is 5.91 Å². The van der Waals surface area contributed by atoms with Gasteiger partial charge < -0.3 is 15.0 Å². The van der Waals surface area contributed by atoms with Crippen molar-refractivity contribution >= 4 is 23.4 Å². The zero-order chi connectivity index (χ0) is 25.4. The number of nitrogens with one attached hydrogen (secondary N) is 2. The summed E-state index contributed by atoms with van der Waals surface area (Å²) in [6.07, 6.45) is 5.52. The van der Waals surface area contributed by atoms with Crippen LogP contribution >= 0.6 is 11.6 Å². The van der Waals surface area contributed by atoms with E-state index in [0.29, 0.717) is 58.5 Å². The molecule has 1 saturated heterocycles. The molecule has 0 radical (unpaired) electrons. The number of piperidine rings is 1. The molecule has 4 heterocycles. The Labute approximate surface area is 212 Å². The Bertz CT molecular complexity index is 1320. The van der Waals surface area contributed by atoms with Crippen molar-refractivity contribution in [1.82, 2.24) is 30.4 Å². The third-order valence-electron chi connectivity index (χ3n) is 6.98. The highest BCUT2D eigenvalue weighted by Crippen LogP contribution is 2.50. The number of aromatic nitrogens is 4. The molecule has 2 N–H and O–H groups in total. The fourth-order valence-electron chi connectivity index (χ4n) is 4.81. The molecule has 2 fully saturated rings. The first-order valence-electron chi connectivity index (χ1n) is 11.8. The highest BCUT2D eigenvalue weighted by atomic mass is 35.5. The van der Waals surface area contributed by atoms with Crippen LogP contribution in [0, 0.1) is 18.7 Å². The van der Waals surface area contributed by atoms with E-state index < -0.39 is 5.82 Å². The second-order valence-corrected chi connectivity index (χ2v) is 9.77. The van der Waals surface area contributed by atoms with Gasteiger partial charge in [-0.2, -0.15) is 5.10 Å². The fourth-order valence-corrected chi connectivity index (χ4v) is 5.03. The lowest BCUT2D eigenvalue weighted by Gasteiger charge is -2.39. The first-order chi connectivity index (χ1) is 17.3. The number of aromatic amines is 1. The van der Waals surface area contributed by atoms with E-state index in [1.165, 1.54) is 7.11 Å². The summed E-state index contributed by atoms with van der Waals surface area (Å²) in [5, 5.41) is 10.3. The number of pyridine rings is 2. The number of hydrogen-bond donors (Lipinski definition) is 2. The second-order valence-electron chi connectivity index (χ2n) is 9.36. The van der Waals surface area contributed by atoms with E-state index in [2.05, 4.69) is 25.5 Å². The lowest BCUT2D eigenvalue weighted by atomic mass is 9.88. The maximum atomic E-state index is 14.2. The molecule has 1 spiro atoms. The largest absolute Gasteiger partial charge is 0.495 e. The minimum Gasteiger partial charge on any atom is -0.495 e. The van der Waals surface area contributed by atoms with Gasteiger partial charge in [0.1, 0.15) is 11.4 Å². The van der Waals surface area contributed by atoms with E-state index in [9.17, 15) is 14.0 Å². The molecule has 2 aliphatic rings. The minimum atomic E-state index is -0.497. The summed E-state index contributed by atoms with van der Waals surface area (Å²) in [6.45, 7) is 2.44. The Hall–Kier alpha value is -3.53. The smallest absolute Gasteiger partial charge is 0.272 e. The van der Waals surface area contributed by atoms with E-state index >= 15 is 0 Å². The van der Waals surface area contributed by atoms with Crippen LogP contribution in [0.5, 0.6) is 5.75 Å². The average Bonchev–Trinajstić information content (AvgIpc) is 3.45. The van der Waals surface area contributed by atoms with E-state index in [-0.39, 0.29) is 29.8 Å². The molecule has 5 rings (SSSR count). The molecule has 188 valence electrons. The van der Waals surface area contributed by atoms with Crippen LogP contribution in [0.1, 0.15) is 47.6 Å². The molecule has 1 atom stereocenters. The first kappa shape index (κ1) is 24.2. The Morgan fingerprint density at radius 1 is 1.28 bits per heavy atom. The first-order valence-corrected chi connectivity index (χ1v) is 12.1. The summed E-state index contributed by atoms with van der Waals surface area (Å²) in [6, 6.07) is 4.83. The van der Waals surface area contributed by atoms with Gasteiger partial charge in [0.2, 0.25) is 5.91 Å². The molecular weight excluding hydrogens is 487 g/mol. The van der Waals surface area contributed by atoms with Crippen molar-refractivity contribution in [3.05, 3.63) is 58.5 Å². The van der Waals surface area contributed by atoms with Crippen molar-refractivity contribution in [2.24, 2.45) is 5.92 Å². The third kappa shape index (κ3) is 4.65. The van der Waals surface area contributed by atoms with Crippen LogP contribution in [-0.2, 0) is 11.3 Å². The van der Waals surface area contributed by atoms with Gasteiger partial charge in [-0.3, -0.25) is 24.7 Å². The van der Waals surface area contributed by atoms with Gasteiger partial charge >= 0.3 is 0 Å². The Morgan fingerprint density at radius 3 is 2.81 bits per heavy atom. The van der Waals surface area contributed by atoms with Gasteiger partial charge in [-0.1, -0.05) is 11.6 Å². The number of nitrogens with zero attached hydrogens (tertiary/aromatic N) is 4. The molecule has 1 aliphatic heterocycles. The zero-order valence-electron chi connectivity index (χ0n) is 20.0. The lowest BCUT2D eigenvalue weighted by Crippen LogP contribution is -2.50. The van der Waals surface area contributed by atoms with Crippen molar-refractivity contribution in [1.29, 1.82) is 0 Å². The van der Waals surface area contributed by atoms with Crippen LogP contribution < -0.4 is 10.1 Å². The highest BCUT2D eigenvalue weighted by Gasteiger charge is 2.54. The summed E-state index contributed by atoms with van der Waals surface area (Å²) in [5.41, 5.74) is 1.83. The number of carbonyl (C=O) groups excluding carboxylic acids is 2. The number of aryl methyl sites for hydroxylation is 1. The average molecular weight is 513 g/mol. The summed E-state index contributed by atoms with van der Waals surface area (Å²) < 4.78 is 19.3. The molecule has 11 heteroatoms. The van der Waals surface area contributed by atoms with Crippen LogP contribution in [0.4, 0.5) is 4.39 Å². The Morgan fingerprint density at radius 2 is 2.08 bits per heavy atom. The number of methoxy groups -OCH3 is 1. The van der Waals surface area contributed by atoms with Gasteiger partial charge in [-0.05, 0) is 44.7 Å². The number of rotatable bonds is 6. The standard InChI is InChI=1S/C25H26ClFN6O3/c1-14-7-17(19(27)12-28-14)20-9-21(32-31-20)24(35)33-6-3-15(10-25(33)4-5-25)23(34)30-13-22-18(26)8-16(36-2)11-29-22/h7-9,11-12,15H,3-6,10,13H2,1-2H3,(H,30,34)(H,31,32)/t15-/m1/s1. The molecule has 9 nitrogen and oxygen atoms in total. The molecule has 1 saturated carbocycles. The molecule has 0 bridgehead atoms. The van der Waals surface area contributed by atoms with Crippen LogP contribution in [-0.4, -0.2) is 56.1 Å². The topological polar surface area (TPSA) is 113 Å². The summed E-state index contributed by atoms with van der Waals surface area (Å²) >= 11 is 6.23. The van der Waals surface area contributed by atoms with Gasteiger partial charge in [-0.25, -0.2) is 4.39 Å². The van der Waals surface area contributed by atoms with Gasteiger partial charge in [0, 0.05) is 35.3 Å². The van der Waals surface area contributed by atoms with Crippen molar-refractivity contribution in [2.75, 3.05) is 13.7 Å². The van der Waals surface area contributed by atoms with Crippen LogP contribution in [0.25, 0.3) is 11.3 Å². The number of ether oxygens (including phenoxy) is 1. The molecule has 3 aromatic rings. The van der Waals surface area contributed by atoms with Gasteiger partial charge in [0.05, 0.1) is 42.5 Å². The molecule has 0 unspecified atom stereocenters. The number of likely N-dealkylation sites (tertiary alicyclic amines) is 1. The summed E-state index contributed by atoms with van der Waals surface area (Å²) in [7, 11) is 1.53. The molecule has 1 aliphatic carbocycles. The predicted molar refractivity (Wildman–Crippen MR) is 130 cm³/mol. The minimum absolute atomic E-state index is 0.0746. The monoisotopic (exact) mass is 512 g/mol. The summed E-state index contributed by atoms with van der Waals surface area (Å²) in [5.74, 6) is -0.421. The molecule has 36 heavy (non-hydrogen) atoms.